The first kappa shape index (κ1) is 42.0. The molecule has 3 aliphatic heterocycles. The van der Waals surface area contributed by atoms with Crippen LogP contribution in [0.3, 0.4) is 0 Å². The second-order valence-electron chi connectivity index (χ2n) is 18.0. The Hall–Kier alpha value is -5.28. The van der Waals surface area contributed by atoms with Crippen molar-refractivity contribution in [2.24, 2.45) is 11.3 Å². The molecule has 9 rings (SSSR count). The summed E-state index contributed by atoms with van der Waals surface area (Å²) in [6.45, 7) is 6.05. The molecule has 5 fully saturated rings. The van der Waals surface area contributed by atoms with Gasteiger partial charge in [-0.15, -0.1) is 0 Å². The Kier molecular flexibility index (Phi) is 11.8. The summed E-state index contributed by atoms with van der Waals surface area (Å²) in [5.41, 5.74) is 3.24. The van der Waals surface area contributed by atoms with Crippen LogP contribution in [0.25, 0.3) is 10.9 Å². The summed E-state index contributed by atoms with van der Waals surface area (Å²) in [6.07, 6.45) is 12.7. The maximum Gasteiger partial charge on any atom is 0.328 e. The molecule has 328 valence electrons. The highest BCUT2D eigenvalue weighted by molar-refractivity contribution is 6.34. The number of carbonyl (C=O) groups is 4. The molecule has 1 spiro atoms. The number of fused-ring (bicyclic) bond motifs is 1. The summed E-state index contributed by atoms with van der Waals surface area (Å²) < 4.78 is 29.5. The van der Waals surface area contributed by atoms with Crippen LogP contribution >= 0.6 is 11.6 Å². The fourth-order valence-corrected chi connectivity index (χ4v) is 10.7. The molecule has 2 saturated carbocycles. The quantitative estimate of drug-likeness (QED) is 0.168. The van der Waals surface area contributed by atoms with E-state index in [0.717, 1.165) is 87.7 Å². The Morgan fingerprint density at radius 2 is 1.53 bits per heavy atom. The highest BCUT2D eigenvalue weighted by Gasteiger charge is 2.41. The lowest BCUT2D eigenvalue weighted by Crippen LogP contribution is -2.52. The van der Waals surface area contributed by atoms with Gasteiger partial charge in [-0.25, -0.2) is 13.6 Å². The third kappa shape index (κ3) is 8.70. The molecule has 1 aromatic heterocycles. The molecule has 3 N–H and O–H groups in total. The maximum atomic E-state index is 13.7. The lowest BCUT2D eigenvalue weighted by molar-refractivity contribution is -0.120. The molecule has 0 atom stereocenters. The van der Waals surface area contributed by atoms with Gasteiger partial charge in [0.05, 0.1) is 22.3 Å². The number of aromatic nitrogens is 2. The number of benzene rings is 3. The third-order valence-corrected chi connectivity index (χ3v) is 14.7. The van der Waals surface area contributed by atoms with E-state index in [1.807, 2.05) is 4.90 Å². The zero-order valence-electron chi connectivity index (χ0n) is 34.8. The van der Waals surface area contributed by atoms with Gasteiger partial charge >= 0.3 is 6.03 Å². The number of nitrogens with zero attached hydrogens (tertiary/aromatic N) is 6. The number of imide groups is 1. The van der Waals surface area contributed by atoms with Crippen LogP contribution in [-0.4, -0.2) is 107 Å². The van der Waals surface area contributed by atoms with Gasteiger partial charge in [0.1, 0.15) is 0 Å². The molecule has 3 saturated heterocycles. The number of carbonyl (C=O) groups excluding carboxylic acids is 4. The summed E-state index contributed by atoms with van der Waals surface area (Å²) in [5.74, 6) is -4.07. The average Bonchev–Trinajstić information content (AvgIpc) is 3.72. The number of hydrogen-bond donors (Lipinski definition) is 3. The minimum absolute atomic E-state index is 0.0553. The number of phenols is 1. The van der Waals surface area contributed by atoms with Gasteiger partial charge in [0.2, 0.25) is 5.91 Å². The number of amides is 5. The van der Waals surface area contributed by atoms with Gasteiger partial charge < -0.3 is 20.2 Å². The van der Waals surface area contributed by atoms with Gasteiger partial charge in [0.15, 0.2) is 17.4 Å². The van der Waals surface area contributed by atoms with E-state index in [4.69, 9.17) is 16.7 Å². The van der Waals surface area contributed by atoms with Gasteiger partial charge in [-0.2, -0.15) is 5.10 Å². The first-order valence-corrected chi connectivity index (χ1v) is 22.4. The standard InChI is InChI=1S/C46H53ClF2N8O5/c47-36-8-4-30(25-40(36)56-16-11-41(58)51-45(56)62)44(61)55-17-14-46(15-18-55)12-9-33(10-13-46)53-19-21-54(22-20-53)35-7-3-31-28-57(52-39(31)26-35)34-5-1-29(2-6-34)27-50-43(60)32-23-37(48)42(59)38(49)24-32/h3-4,7-8,23-26,28-29,33-34,59H,1-2,5-6,9-22,27H2,(H,50,60)(H,51,58,62)/t29-,34-. The molecule has 5 amide bonds. The van der Waals surface area contributed by atoms with E-state index in [2.05, 4.69) is 49.5 Å². The van der Waals surface area contributed by atoms with Crippen molar-refractivity contribution < 1.29 is 33.1 Å². The molecular weight excluding hydrogens is 818 g/mol. The molecule has 13 nitrogen and oxygen atoms in total. The van der Waals surface area contributed by atoms with Crippen molar-refractivity contribution in [2.75, 3.05) is 62.2 Å². The van der Waals surface area contributed by atoms with Crippen LogP contribution in [0.1, 0.15) is 97.4 Å². The van der Waals surface area contributed by atoms with Crippen LogP contribution in [0, 0.1) is 23.0 Å². The van der Waals surface area contributed by atoms with Crippen molar-refractivity contribution >= 4 is 57.6 Å². The van der Waals surface area contributed by atoms with Crippen LogP contribution in [-0.2, 0) is 4.79 Å². The number of rotatable bonds is 8. The van der Waals surface area contributed by atoms with Crippen LogP contribution in [0.2, 0.25) is 5.02 Å². The van der Waals surface area contributed by atoms with Crippen LogP contribution in [0.4, 0.5) is 25.0 Å². The molecule has 16 heteroatoms. The molecular formula is C46H53ClF2N8O5. The van der Waals surface area contributed by atoms with Gasteiger partial charge in [-0.3, -0.25) is 34.2 Å². The molecule has 4 heterocycles. The lowest BCUT2D eigenvalue weighted by Gasteiger charge is -2.49. The van der Waals surface area contributed by atoms with Crippen molar-refractivity contribution in [3.05, 3.63) is 82.5 Å². The van der Waals surface area contributed by atoms with Crippen molar-refractivity contribution in [3.8, 4) is 5.75 Å². The van der Waals surface area contributed by atoms with Crippen LogP contribution in [0.15, 0.2) is 54.7 Å². The number of hydrogen-bond acceptors (Lipinski definition) is 8. The zero-order valence-corrected chi connectivity index (χ0v) is 35.5. The van der Waals surface area contributed by atoms with Crippen LogP contribution in [0.5, 0.6) is 5.75 Å². The molecule has 62 heavy (non-hydrogen) atoms. The number of aromatic hydroxyl groups is 1. The Balaban J connectivity index is 0.715. The predicted octanol–water partition coefficient (Wildman–Crippen LogP) is 7.27. The summed E-state index contributed by atoms with van der Waals surface area (Å²) in [7, 11) is 0. The molecule has 0 radical (unpaired) electrons. The predicted molar refractivity (Wildman–Crippen MR) is 232 cm³/mol. The summed E-state index contributed by atoms with van der Waals surface area (Å²) >= 11 is 6.44. The van der Waals surface area contributed by atoms with Gasteiger partial charge in [-0.05, 0) is 124 Å². The number of phenolic OH excluding ortho intramolecular Hbond substituents is 1. The minimum Gasteiger partial charge on any atom is -0.503 e. The maximum absolute atomic E-state index is 13.7. The minimum atomic E-state index is -1.16. The highest BCUT2D eigenvalue weighted by Crippen LogP contribution is 2.46. The Labute approximate surface area is 364 Å². The second-order valence-corrected chi connectivity index (χ2v) is 18.4. The number of piperazine rings is 1. The summed E-state index contributed by atoms with van der Waals surface area (Å²) in [5, 5.41) is 20.9. The molecule has 3 aromatic carbocycles. The van der Waals surface area contributed by atoms with Gasteiger partial charge in [0, 0.05) is 93.2 Å². The van der Waals surface area contributed by atoms with Crippen molar-refractivity contribution in [2.45, 2.75) is 82.7 Å². The number of halogens is 3. The first-order valence-electron chi connectivity index (χ1n) is 22.1. The van der Waals surface area contributed by atoms with E-state index in [9.17, 15) is 33.1 Å². The van der Waals surface area contributed by atoms with Crippen molar-refractivity contribution in [3.63, 3.8) is 0 Å². The second kappa shape index (κ2) is 17.5. The van der Waals surface area contributed by atoms with E-state index in [0.29, 0.717) is 41.9 Å². The third-order valence-electron chi connectivity index (χ3n) is 14.4. The SMILES string of the molecule is O=C1CCN(c2cc(C(=O)N3CCC4(CCC(N5CCN(c6ccc7cn([C@H]8CC[C@H](CNC(=O)c9cc(F)c(O)c(F)c9)CC8)nc7c6)CC5)CC4)CC3)ccc2Cl)C(=O)N1. The Bertz CT molecular complexity index is 2340. The van der Waals surface area contributed by atoms with E-state index >= 15 is 0 Å². The number of anilines is 2. The lowest BCUT2D eigenvalue weighted by atomic mass is 9.66. The number of piperidine rings is 1. The number of nitrogens with one attached hydrogen (secondary N) is 2. The zero-order chi connectivity index (χ0) is 43.1. The number of likely N-dealkylation sites (tertiary alicyclic amines) is 1. The Morgan fingerprint density at radius 1 is 0.823 bits per heavy atom. The molecule has 5 aliphatic rings. The first-order chi connectivity index (χ1) is 29.9. The van der Waals surface area contributed by atoms with Crippen molar-refractivity contribution in [1.29, 1.82) is 0 Å². The van der Waals surface area contributed by atoms with E-state index in [-0.39, 0.29) is 47.7 Å². The monoisotopic (exact) mass is 870 g/mol. The fraction of sp³-hybridized carbons (Fsp3) is 0.500. The molecule has 4 aromatic rings. The highest BCUT2D eigenvalue weighted by atomic mass is 35.5. The average molecular weight is 871 g/mol. The smallest absolute Gasteiger partial charge is 0.328 e. The topological polar surface area (TPSA) is 143 Å². The van der Waals surface area contributed by atoms with E-state index in [1.165, 1.54) is 36.3 Å². The van der Waals surface area contributed by atoms with Gasteiger partial charge in [0.25, 0.3) is 11.8 Å². The van der Waals surface area contributed by atoms with Crippen LogP contribution < -0.4 is 20.4 Å². The van der Waals surface area contributed by atoms with Crippen molar-refractivity contribution in [1.82, 2.24) is 30.2 Å². The fourth-order valence-electron chi connectivity index (χ4n) is 10.5. The normalized spacial score (nSPS) is 22.6. The van der Waals surface area contributed by atoms with E-state index in [1.54, 1.807) is 18.2 Å². The summed E-state index contributed by atoms with van der Waals surface area (Å²) in [4.78, 5) is 58.8. The van der Waals surface area contributed by atoms with Gasteiger partial charge in [-0.1, -0.05) is 11.6 Å². The molecule has 0 bridgehead atoms. The largest absolute Gasteiger partial charge is 0.503 e. The molecule has 2 aliphatic carbocycles. The molecule has 0 unspecified atom stereocenters. The summed E-state index contributed by atoms with van der Waals surface area (Å²) in [6, 6.07) is 13.6. The Morgan fingerprint density at radius 3 is 2.23 bits per heavy atom. The number of urea groups is 1. The van der Waals surface area contributed by atoms with E-state index < -0.39 is 29.3 Å².